The molecule has 5 heteroatoms. The molecule has 2 unspecified atom stereocenters. The Balaban J connectivity index is 1.55. The van der Waals surface area contributed by atoms with Crippen LogP contribution in [-0.2, 0) is 6.42 Å². The van der Waals surface area contributed by atoms with Crippen LogP contribution in [0.4, 0.5) is 0 Å². The van der Waals surface area contributed by atoms with E-state index in [1.807, 2.05) is 0 Å². The van der Waals surface area contributed by atoms with E-state index in [9.17, 15) is 0 Å². The van der Waals surface area contributed by atoms with Crippen LogP contribution in [0.15, 0.2) is 10.9 Å². The SMILES string of the molecule is CC1CN2CCCCC2CN1CCc1ncno1. The van der Waals surface area contributed by atoms with Gasteiger partial charge in [0.1, 0.15) is 0 Å². The zero-order valence-electron chi connectivity index (χ0n) is 11.1. The lowest BCUT2D eigenvalue weighted by atomic mass is 9.97. The van der Waals surface area contributed by atoms with Crippen LogP contribution >= 0.6 is 0 Å². The number of hydrogen-bond donors (Lipinski definition) is 0. The average Bonchev–Trinajstić information content (AvgIpc) is 2.89. The fourth-order valence-corrected chi connectivity index (χ4v) is 3.27. The molecule has 0 aliphatic carbocycles. The summed E-state index contributed by atoms with van der Waals surface area (Å²) >= 11 is 0. The maximum absolute atomic E-state index is 5.07. The first-order chi connectivity index (χ1) is 8.83. The molecule has 18 heavy (non-hydrogen) atoms. The zero-order valence-corrected chi connectivity index (χ0v) is 11.1. The highest BCUT2D eigenvalue weighted by molar-refractivity contribution is 4.90. The second-order valence-electron chi connectivity index (χ2n) is 5.57. The van der Waals surface area contributed by atoms with E-state index in [1.54, 1.807) is 0 Å². The summed E-state index contributed by atoms with van der Waals surface area (Å²) in [6.45, 7) is 7.09. The van der Waals surface area contributed by atoms with Crippen molar-refractivity contribution < 1.29 is 4.52 Å². The third kappa shape index (κ3) is 2.57. The summed E-state index contributed by atoms with van der Waals surface area (Å²) in [7, 11) is 0. The van der Waals surface area contributed by atoms with Gasteiger partial charge < -0.3 is 4.52 Å². The number of piperazine rings is 1. The van der Waals surface area contributed by atoms with E-state index < -0.39 is 0 Å². The number of piperidine rings is 1. The van der Waals surface area contributed by atoms with Crippen molar-refractivity contribution in [2.45, 2.75) is 44.7 Å². The highest BCUT2D eigenvalue weighted by Gasteiger charge is 2.32. The van der Waals surface area contributed by atoms with Gasteiger partial charge in [0.05, 0.1) is 0 Å². The second-order valence-corrected chi connectivity index (χ2v) is 5.57. The predicted molar refractivity (Wildman–Crippen MR) is 68.2 cm³/mol. The topological polar surface area (TPSA) is 45.4 Å². The maximum Gasteiger partial charge on any atom is 0.227 e. The first kappa shape index (κ1) is 12.1. The van der Waals surface area contributed by atoms with Crippen LogP contribution in [0.2, 0.25) is 0 Å². The summed E-state index contributed by atoms with van der Waals surface area (Å²) < 4.78 is 5.07. The fraction of sp³-hybridized carbons (Fsp3) is 0.846. The Kier molecular flexibility index (Phi) is 3.61. The molecule has 100 valence electrons. The van der Waals surface area contributed by atoms with Crippen LogP contribution < -0.4 is 0 Å². The van der Waals surface area contributed by atoms with E-state index >= 15 is 0 Å². The van der Waals surface area contributed by atoms with Crippen molar-refractivity contribution in [2.75, 3.05) is 26.2 Å². The van der Waals surface area contributed by atoms with E-state index in [4.69, 9.17) is 4.52 Å². The summed E-state index contributed by atoms with van der Waals surface area (Å²) in [5.74, 6) is 0.758. The Morgan fingerprint density at radius 3 is 3.17 bits per heavy atom. The Morgan fingerprint density at radius 2 is 2.33 bits per heavy atom. The molecule has 2 fully saturated rings. The number of nitrogens with zero attached hydrogens (tertiary/aromatic N) is 4. The molecule has 2 atom stereocenters. The third-order valence-electron chi connectivity index (χ3n) is 4.34. The minimum atomic E-state index is 0.641. The number of rotatable bonds is 3. The Hall–Kier alpha value is -0.940. The molecule has 5 nitrogen and oxygen atoms in total. The van der Waals surface area contributed by atoms with Gasteiger partial charge in [-0.2, -0.15) is 4.98 Å². The van der Waals surface area contributed by atoms with Crippen LogP contribution in [-0.4, -0.2) is 58.2 Å². The average molecular weight is 250 g/mol. The van der Waals surface area contributed by atoms with Gasteiger partial charge in [0, 0.05) is 38.1 Å². The Bertz CT molecular complexity index is 367. The summed E-state index contributed by atoms with van der Waals surface area (Å²) in [6.07, 6.45) is 6.50. The van der Waals surface area contributed by atoms with Gasteiger partial charge in [0.25, 0.3) is 0 Å². The van der Waals surface area contributed by atoms with Gasteiger partial charge in [-0.25, -0.2) is 0 Å². The van der Waals surface area contributed by atoms with Crippen molar-refractivity contribution in [2.24, 2.45) is 0 Å². The molecule has 1 aromatic rings. The molecule has 0 saturated carbocycles. The lowest BCUT2D eigenvalue weighted by Gasteiger charge is -2.47. The molecule has 3 heterocycles. The molecule has 0 N–H and O–H groups in total. The molecule has 0 bridgehead atoms. The minimum absolute atomic E-state index is 0.641. The van der Waals surface area contributed by atoms with Gasteiger partial charge in [-0.1, -0.05) is 11.6 Å². The summed E-state index contributed by atoms with van der Waals surface area (Å²) in [5, 5.41) is 3.66. The Labute approximate surface area is 108 Å². The van der Waals surface area contributed by atoms with E-state index in [-0.39, 0.29) is 0 Å². The molecule has 0 spiro atoms. The fourth-order valence-electron chi connectivity index (χ4n) is 3.27. The molecule has 2 saturated heterocycles. The summed E-state index contributed by atoms with van der Waals surface area (Å²) in [4.78, 5) is 9.35. The molecule has 3 rings (SSSR count). The van der Waals surface area contributed by atoms with Crippen LogP contribution in [0.1, 0.15) is 32.1 Å². The number of fused-ring (bicyclic) bond motifs is 1. The highest BCUT2D eigenvalue weighted by atomic mass is 16.5. The van der Waals surface area contributed by atoms with Crippen molar-refractivity contribution >= 4 is 0 Å². The van der Waals surface area contributed by atoms with Gasteiger partial charge in [-0.3, -0.25) is 9.80 Å². The first-order valence-electron chi connectivity index (χ1n) is 7.06. The van der Waals surface area contributed by atoms with E-state index in [0.29, 0.717) is 6.04 Å². The lowest BCUT2D eigenvalue weighted by Crippen LogP contribution is -2.58. The van der Waals surface area contributed by atoms with Crippen molar-refractivity contribution in [1.29, 1.82) is 0 Å². The second kappa shape index (κ2) is 5.36. The van der Waals surface area contributed by atoms with Crippen LogP contribution in [0, 0.1) is 0 Å². The minimum Gasteiger partial charge on any atom is -0.340 e. The van der Waals surface area contributed by atoms with Crippen LogP contribution in [0.5, 0.6) is 0 Å². The smallest absolute Gasteiger partial charge is 0.227 e. The van der Waals surface area contributed by atoms with E-state index in [1.165, 1.54) is 45.2 Å². The largest absolute Gasteiger partial charge is 0.340 e. The predicted octanol–water partition coefficient (Wildman–Crippen LogP) is 1.17. The normalized spacial score (nSPS) is 30.3. The van der Waals surface area contributed by atoms with Gasteiger partial charge in [-0.05, 0) is 26.3 Å². The van der Waals surface area contributed by atoms with Gasteiger partial charge in [0.2, 0.25) is 5.89 Å². The van der Waals surface area contributed by atoms with Crippen molar-refractivity contribution in [3.8, 4) is 0 Å². The molecular formula is C13H22N4O. The molecule has 0 aromatic carbocycles. The van der Waals surface area contributed by atoms with Gasteiger partial charge in [-0.15, -0.1) is 0 Å². The summed E-state index contributed by atoms with van der Waals surface area (Å²) in [5.41, 5.74) is 0. The van der Waals surface area contributed by atoms with Crippen molar-refractivity contribution in [1.82, 2.24) is 19.9 Å². The van der Waals surface area contributed by atoms with E-state index in [0.717, 1.165) is 24.9 Å². The van der Waals surface area contributed by atoms with Gasteiger partial charge in [0.15, 0.2) is 6.33 Å². The summed E-state index contributed by atoms with van der Waals surface area (Å²) in [6, 6.07) is 1.42. The molecule has 2 aliphatic rings. The Morgan fingerprint density at radius 1 is 1.39 bits per heavy atom. The standard InChI is InChI=1S/C13H22N4O/c1-11-8-17-6-3-2-4-12(17)9-16(11)7-5-13-14-10-15-18-13/h10-12H,2-9H2,1H3. The number of aromatic nitrogens is 2. The molecule has 0 radical (unpaired) electrons. The van der Waals surface area contributed by atoms with Crippen molar-refractivity contribution in [3.05, 3.63) is 12.2 Å². The monoisotopic (exact) mass is 250 g/mol. The van der Waals surface area contributed by atoms with Gasteiger partial charge >= 0.3 is 0 Å². The van der Waals surface area contributed by atoms with Crippen LogP contribution in [0.3, 0.4) is 0 Å². The molecule has 1 aromatic heterocycles. The van der Waals surface area contributed by atoms with E-state index in [2.05, 4.69) is 26.9 Å². The lowest BCUT2D eigenvalue weighted by molar-refractivity contribution is 0.0151. The molecule has 0 amide bonds. The molecule has 2 aliphatic heterocycles. The van der Waals surface area contributed by atoms with Crippen molar-refractivity contribution in [3.63, 3.8) is 0 Å². The zero-order chi connectivity index (χ0) is 12.4. The van der Waals surface area contributed by atoms with Crippen LogP contribution in [0.25, 0.3) is 0 Å². The maximum atomic E-state index is 5.07. The third-order valence-corrected chi connectivity index (χ3v) is 4.34. The number of hydrogen-bond acceptors (Lipinski definition) is 5. The molecular weight excluding hydrogens is 228 g/mol. The highest BCUT2D eigenvalue weighted by Crippen LogP contribution is 2.23. The quantitative estimate of drug-likeness (QED) is 0.806. The first-order valence-corrected chi connectivity index (χ1v) is 7.06.